The predicted molar refractivity (Wildman–Crippen MR) is 136 cm³/mol. The molecule has 0 unspecified atom stereocenters. The molecule has 0 amide bonds. The Balaban J connectivity index is 1.39. The summed E-state index contributed by atoms with van der Waals surface area (Å²) in [5.74, 6) is -0.873. The maximum Gasteiger partial charge on any atom is 0.165 e. The van der Waals surface area contributed by atoms with Crippen LogP contribution < -0.4 is 4.74 Å². The molecule has 0 bridgehead atoms. The lowest BCUT2D eigenvalue weighted by atomic mass is 9.78. The van der Waals surface area contributed by atoms with Crippen molar-refractivity contribution in [3.05, 3.63) is 101 Å². The van der Waals surface area contributed by atoms with Gasteiger partial charge in [-0.1, -0.05) is 54.6 Å². The van der Waals surface area contributed by atoms with Crippen LogP contribution in [0.1, 0.15) is 62.1 Å². The molecule has 0 spiro atoms. The summed E-state index contributed by atoms with van der Waals surface area (Å²) in [4.78, 5) is 0. The zero-order valence-electron chi connectivity index (χ0n) is 20.5. The van der Waals surface area contributed by atoms with Crippen molar-refractivity contribution in [1.82, 2.24) is 0 Å². The molecule has 0 atom stereocenters. The van der Waals surface area contributed by atoms with Gasteiger partial charge in [-0.2, -0.15) is 0 Å². The van der Waals surface area contributed by atoms with E-state index < -0.39 is 11.6 Å². The number of ether oxygens (including phenoxy) is 1. The second-order valence-electron chi connectivity index (χ2n) is 9.35. The van der Waals surface area contributed by atoms with E-state index in [0.29, 0.717) is 36.5 Å². The summed E-state index contributed by atoms with van der Waals surface area (Å²) in [7, 11) is 0. The summed E-state index contributed by atoms with van der Waals surface area (Å²) < 4.78 is 49.3. The van der Waals surface area contributed by atoms with E-state index in [-0.39, 0.29) is 17.5 Å². The number of allylic oxidation sites excluding steroid dienone is 2. The van der Waals surface area contributed by atoms with E-state index >= 15 is 0 Å². The lowest BCUT2D eigenvalue weighted by Gasteiger charge is -2.27. The zero-order chi connectivity index (χ0) is 24.8. The van der Waals surface area contributed by atoms with Gasteiger partial charge in [0.25, 0.3) is 0 Å². The zero-order valence-corrected chi connectivity index (χ0v) is 20.5. The number of hydrogen-bond acceptors (Lipinski definition) is 1. The highest BCUT2D eigenvalue weighted by molar-refractivity contribution is 5.64. The van der Waals surface area contributed by atoms with Gasteiger partial charge in [-0.15, -0.1) is 0 Å². The van der Waals surface area contributed by atoms with E-state index in [1.807, 2.05) is 44.2 Å². The number of halogens is 3. The predicted octanol–water partition coefficient (Wildman–Crippen LogP) is 8.80. The molecule has 0 aliphatic heterocycles. The second-order valence-corrected chi connectivity index (χ2v) is 9.35. The van der Waals surface area contributed by atoms with E-state index in [9.17, 15) is 13.2 Å². The molecule has 0 heterocycles. The van der Waals surface area contributed by atoms with Crippen LogP contribution >= 0.6 is 0 Å². The summed E-state index contributed by atoms with van der Waals surface area (Å²) in [6, 6.07) is 16.2. The van der Waals surface area contributed by atoms with Crippen molar-refractivity contribution in [2.45, 2.75) is 58.3 Å². The summed E-state index contributed by atoms with van der Waals surface area (Å²) in [6.45, 7) is 4.26. The number of hydrogen-bond donors (Lipinski definition) is 0. The summed E-state index contributed by atoms with van der Waals surface area (Å²) in [6.07, 6.45) is 9.17. The molecule has 0 radical (unpaired) electrons. The van der Waals surface area contributed by atoms with Gasteiger partial charge in [0, 0.05) is 0 Å². The lowest BCUT2D eigenvalue weighted by molar-refractivity contribution is 0.321. The van der Waals surface area contributed by atoms with Gasteiger partial charge in [0.1, 0.15) is 0 Å². The van der Waals surface area contributed by atoms with Gasteiger partial charge in [0.15, 0.2) is 23.2 Å². The highest BCUT2D eigenvalue weighted by atomic mass is 19.2. The molecule has 35 heavy (non-hydrogen) atoms. The van der Waals surface area contributed by atoms with Crippen LogP contribution in [-0.4, -0.2) is 6.61 Å². The third-order valence-corrected chi connectivity index (χ3v) is 7.07. The molecule has 0 N–H and O–H groups in total. The minimum Gasteiger partial charge on any atom is -0.491 e. The van der Waals surface area contributed by atoms with Crippen LogP contribution in [0.2, 0.25) is 0 Å². The quantitative estimate of drug-likeness (QED) is 0.294. The van der Waals surface area contributed by atoms with Gasteiger partial charge in [0.2, 0.25) is 0 Å². The highest BCUT2D eigenvalue weighted by Gasteiger charge is 2.25. The van der Waals surface area contributed by atoms with Crippen LogP contribution in [0.3, 0.4) is 0 Å². The van der Waals surface area contributed by atoms with E-state index in [1.165, 1.54) is 6.07 Å². The maximum absolute atomic E-state index is 14.9. The average Bonchev–Trinajstić information content (AvgIpc) is 2.87. The fraction of sp³-hybridized carbons (Fsp3) is 0.355. The third kappa shape index (κ3) is 5.98. The number of rotatable bonds is 8. The molecule has 3 aromatic rings. The van der Waals surface area contributed by atoms with Crippen LogP contribution in [0.4, 0.5) is 13.2 Å². The van der Waals surface area contributed by atoms with Gasteiger partial charge in [-0.3, -0.25) is 0 Å². The molecule has 3 aromatic carbocycles. The Morgan fingerprint density at radius 1 is 0.829 bits per heavy atom. The molecule has 0 saturated heterocycles. The van der Waals surface area contributed by atoms with Gasteiger partial charge < -0.3 is 4.74 Å². The van der Waals surface area contributed by atoms with Crippen molar-refractivity contribution in [2.24, 2.45) is 5.92 Å². The molecule has 1 nitrogen and oxygen atoms in total. The topological polar surface area (TPSA) is 9.23 Å². The number of aryl methyl sites for hydroxylation is 2. The first kappa shape index (κ1) is 25.1. The standard InChI is InChI=1S/C31H33F3O/c1-3-5-21-8-13-24(14-9-21)27-18-16-25(30(33)31(27)34)15-10-22-6-11-23(12-7-22)26-17-19-29(35-4-2)28(32)20-26/h3,5-7,11-12,16-21,24H,4,8-10,13-15H2,1-2H3/b5-3+. The SMILES string of the molecule is C/C=C/C1CCC(c2ccc(CCc3ccc(-c4ccc(OCC)c(F)c4)cc3)c(F)c2F)CC1. The van der Waals surface area contributed by atoms with E-state index in [4.69, 9.17) is 4.74 Å². The Morgan fingerprint density at radius 2 is 1.54 bits per heavy atom. The van der Waals surface area contributed by atoms with Gasteiger partial charge in [0.05, 0.1) is 6.61 Å². The monoisotopic (exact) mass is 478 g/mol. The van der Waals surface area contributed by atoms with Crippen LogP contribution in [0.15, 0.2) is 66.7 Å². The normalized spacial score (nSPS) is 18.2. The summed E-state index contributed by atoms with van der Waals surface area (Å²) in [5, 5.41) is 0. The third-order valence-electron chi connectivity index (χ3n) is 7.07. The van der Waals surface area contributed by atoms with Crippen LogP contribution in [0, 0.1) is 23.4 Å². The molecule has 1 aliphatic carbocycles. The van der Waals surface area contributed by atoms with Crippen molar-refractivity contribution in [2.75, 3.05) is 6.61 Å². The minimum atomic E-state index is -0.709. The second kappa shape index (κ2) is 11.6. The van der Waals surface area contributed by atoms with Crippen molar-refractivity contribution < 1.29 is 17.9 Å². The fourth-order valence-corrected chi connectivity index (χ4v) is 5.10. The number of benzene rings is 3. The van der Waals surface area contributed by atoms with Crippen LogP contribution in [0.25, 0.3) is 11.1 Å². The first-order valence-electron chi connectivity index (χ1n) is 12.6. The summed E-state index contributed by atoms with van der Waals surface area (Å²) in [5.41, 5.74) is 3.61. The average molecular weight is 479 g/mol. The highest BCUT2D eigenvalue weighted by Crippen LogP contribution is 2.38. The van der Waals surface area contributed by atoms with Crippen LogP contribution in [-0.2, 0) is 12.8 Å². The Kier molecular flexibility index (Phi) is 8.33. The Bertz CT molecular complexity index is 1160. The van der Waals surface area contributed by atoms with Gasteiger partial charge in [-0.05, 0) is 104 Å². The van der Waals surface area contributed by atoms with Crippen molar-refractivity contribution in [3.63, 3.8) is 0 Å². The molecule has 1 fully saturated rings. The first-order valence-corrected chi connectivity index (χ1v) is 12.6. The van der Waals surface area contributed by atoms with Crippen molar-refractivity contribution in [3.8, 4) is 16.9 Å². The molecule has 4 heteroatoms. The largest absolute Gasteiger partial charge is 0.491 e. The molecule has 1 aliphatic rings. The van der Waals surface area contributed by atoms with Gasteiger partial charge in [-0.25, -0.2) is 13.2 Å². The molecular formula is C31H33F3O. The Labute approximate surface area is 206 Å². The van der Waals surface area contributed by atoms with Crippen molar-refractivity contribution in [1.29, 1.82) is 0 Å². The minimum absolute atomic E-state index is 0.0973. The van der Waals surface area contributed by atoms with E-state index in [1.54, 1.807) is 18.2 Å². The Morgan fingerprint density at radius 3 is 2.20 bits per heavy atom. The molecule has 1 saturated carbocycles. The smallest absolute Gasteiger partial charge is 0.165 e. The molecule has 4 rings (SSSR count). The fourth-order valence-electron chi connectivity index (χ4n) is 5.10. The lowest BCUT2D eigenvalue weighted by Crippen LogP contribution is -2.14. The van der Waals surface area contributed by atoms with Crippen molar-refractivity contribution >= 4 is 0 Å². The molecular weight excluding hydrogens is 445 g/mol. The van der Waals surface area contributed by atoms with Crippen LogP contribution in [0.5, 0.6) is 5.75 Å². The maximum atomic E-state index is 14.9. The molecule has 184 valence electrons. The summed E-state index contributed by atoms with van der Waals surface area (Å²) >= 11 is 0. The Hall–Kier alpha value is -3.01. The van der Waals surface area contributed by atoms with E-state index in [2.05, 4.69) is 12.2 Å². The first-order chi connectivity index (χ1) is 17.0. The van der Waals surface area contributed by atoms with E-state index in [0.717, 1.165) is 42.4 Å². The van der Waals surface area contributed by atoms with Gasteiger partial charge >= 0.3 is 0 Å². The molecule has 0 aromatic heterocycles.